The van der Waals surface area contributed by atoms with E-state index in [-0.39, 0.29) is 44.0 Å². The fourth-order valence-electron chi connectivity index (χ4n) is 3.53. The second-order valence-electron chi connectivity index (χ2n) is 7.81. The van der Waals surface area contributed by atoms with Gasteiger partial charge in [-0.1, -0.05) is 30.3 Å². The molecule has 1 aromatic rings. The van der Waals surface area contributed by atoms with Gasteiger partial charge < -0.3 is 4.74 Å². The molecule has 0 aliphatic carbocycles. The van der Waals surface area contributed by atoms with E-state index in [1.807, 2.05) is 6.92 Å². The van der Waals surface area contributed by atoms with Crippen LogP contribution >= 0.6 is 11.6 Å². The monoisotopic (exact) mass is 464 g/mol. The van der Waals surface area contributed by atoms with E-state index in [0.717, 1.165) is 4.90 Å². The number of hydrogen-bond donors (Lipinski definition) is 1. The molecule has 2 aliphatic heterocycles. The number of amides is 4. The lowest BCUT2D eigenvalue weighted by atomic mass is 10.1. The topological polar surface area (TPSA) is 116 Å². The van der Waals surface area contributed by atoms with Crippen LogP contribution in [-0.2, 0) is 28.7 Å². The van der Waals surface area contributed by atoms with Gasteiger partial charge in [-0.2, -0.15) is 0 Å². The molecule has 2 heterocycles. The van der Waals surface area contributed by atoms with E-state index in [1.54, 1.807) is 40.1 Å². The third kappa shape index (κ3) is 6.12. The Balaban J connectivity index is 1.45. The van der Waals surface area contributed by atoms with Crippen LogP contribution in [0.2, 0.25) is 0 Å². The molecular weight excluding hydrogens is 440 g/mol. The van der Waals surface area contributed by atoms with Crippen molar-refractivity contribution >= 4 is 41.2 Å². The van der Waals surface area contributed by atoms with Gasteiger partial charge in [0.25, 0.3) is 0 Å². The lowest BCUT2D eigenvalue weighted by molar-refractivity contribution is -0.163. The van der Waals surface area contributed by atoms with Gasteiger partial charge in [-0.05, 0) is 18.9 Å². The van der Waals surface area contributed by atoms with Gasteiger partial charge in [0.1, 0.15) is 0 Å². The maximum absolute atomic E-state index is 12.4. The van der Waals surface area contributed by atoms with Crippen molar-refractivity contribution in [1.29, 1.82) is 0 Å². The molecular formula is C21H25ClN4O6. The average Bonchev–Trinajstić information content (AvgIpc) is 2.76. The zero-order chi connectivity index (χ0) is 23.3. The molecule has 2 saturated heterocycles. The van der Waals surface area contributed by atoms with Gasteiger partial charge in [0.15, 0.2) is 12.1 Å². The number of ether oxygens (including phenoxy) is 1. The van der Waals surface area contributed by atoms with Gasteiger partial charge in [-0.15, -0.1) is 11.6 Å². The van der Waals surface area contributed by atoms with Crippen LogP contribution in [0.5, 0.6) is 0 Å². The van der Waals surface area contributed by atoms with Gasteiger partial charge in [-0.25, -0.2) is 4.90 Å². The second kappa shape index (κ2) is 10.7. The molecule has 0 spiro atoms. The number of nitrogens with one attached hydrogen (secondary N) is 1. The number of halogens is 1. The maximum Gasteiger partial charge on any atom is 0.330 e. The summed E-state index contributed by atoms with van der Waals surface area (Å²) in [4.78, 5) is 64.4. The summed E-state index contributed by atoms with van der Waals surface area (Å²) in [7, 11) is 0. The molecule has 0 radical (unpaired) electrons. The van der Waals surface area contributed by atoms with Crippen LogP contribution in [0.1, 0.15) is 24.3 Å². The van der Waals surface area contributed by atoms with Crippen LogP contribution in [0, 0.1) is 0 Å². The van der Waals surface area contributed by atoms with E-state index in [1.165, 1.54) is 0 Å². The van der Waals surface area contributed by atoms with Crippen molar-refractivity contribution < 1.29 is 28.7 Å². The van der Waals surface area contributed by atoms with E-state index in [4.69, 9.17) is 16.3 Å². The quantitative estimate of drug-likeness (QED) is 0.321. The van der Waals surface area contributed by atoms with Crippen LogP contribution in [0.3, 0.4) is 0 Å². The summed E-state index contributed by atoms with van der Waals surface area (Å²) in [6.45, 7) is 2.11. The normalized spacial score (nSPS) is 20.1. The lowest BCUT2D eigenvalue weighted by Crippen LogP contribution is -2.56. The first-order chi connectivity index (χ1) is 15.2. The van der Waals surface area contributed by atoms with Crippen LogP contribution in [-0.4, -0.2) is 89.8 Å². The summed E-state index contributed by atoms with van der Waals surface area (Å²) >= 11 is 6.10. The van der Waals surface area contributed by atoms with Crippen molar-refractivity contribution in [3.05, 3.63) is 35.9 Å². The lowest BCUT2D eigenvalue weighted by Gasteiger charge is -2.35. The van der Waals surface area contributed by atoms with Crippen LogP contribution in [0.25, 0.3) is 0 Å². The number of imide groups is 2. The summed E-state index contributed by atoms with van der Waals surface area (Å²) < 4.78 is 5.09. The third-order valence-electron chi connectivity index (χ3n) is 5.41. The standard InChI is InChI=1S/C21H25ClN4O6/c1-14(25-9-16(27)23-17(28)10-25)7-8-24-11-18(29)26(19(30)12-24)13-32-21(31)20(22)15-5-3-2-4-6-15/h2-6,14,20H,7-13H2,1H3,(H,23,27,28). The predicted octanol–water partition coefficient (Wildman–Crippen LogP) is -0.125. The van der Waals surface area contributed by atoms with Gasteiger partial charge in [0.2, 0.25) is 23.6 Å². The van der Waals surface area contributed by atoms with E-state index >= 15 is 0 Å². The smallest absolute Gasteiger partial charge is 0.330 e. The Morgan fingerprint density at radius 1 is 1.03 bits per heavy atom. The summed E-state index contributed by atoms with van der Waals surface area (Å²) in [6, 6.07) is 8.56. The first-order valence-corrected chi connectivity index (χ1v) is 10.7. The molecule has 11 heteroatoms. The first kappa shape index (κ1) is 23.8. The Morgan fingerprint density at radius 2 is 1.62 bits per heavy atom. The minimum atomic E-state index is -1.03. The minimum Gasteiger partial charge on any atom is -0.442 e. The van der Waals surface area contributed by atoms with Crippen molar-refractivity contribution in [3.8, 4) is 0 Å². The number of hydrogen-bond acceptors (Lipinski definition) is 8. The molecule has 172 valence electrons. The van der Waals surface area contributed by atoms with Crippen molar-refractivity contribution in [1.82, 2.24) is 20.0 Å². The zero-order valence-corrected chi connectivity index (χ0v) is 18.4. The molecule has 1 N–H and O–H groups in total. The molecule has 2 unspecified atom stereocenters. The Labute approximate surface area is 190 Å². The van der Waals surface area contributed by atoms with Gasteiger partial charge >= 0.3 is 5.97 Å². The minimum absolute atomic E-state index is 0.00157. The fourth-order valence-corrected chi connectivity index (χ4v) is 3.74. The van der Waals surface area contributed by atoms with Crippen LogP contribution in [0.15, 0.2) is 30.3 Å². The largest absolute Gasteiger partial charge is 0.442 e. The van der Waals surface area contributed by atoms with Crippen LogP contribution in [0.4, 0.5) is 0 Å². The molecule has 2 atom stereocenters. The Morgan fingerprint density at radius 3 is 2.22 bits per heavy atom. The molecule has 32 heavy (non-hydrogen) atoms. The molecule has 2 fully saturated rings. The SMILES string of the molecule is CC(CCN1CC(=O)N(COC(=O)C(Cl)c2ccccc2)C(=O)C1)N1CC(=O)NC(=O)C1. The number of esters is 1. The van der Waals surface area contributed by atoms with E-state index in [2.05, 4.69) is 5.32 Å². The van der Waals surface area contributed by atoms with E-state index < -0.39 is 29.9 Å². The first-order valence-electron chi connectivity index (χ1n) is 10.2. The highest BCUT2D eigenvalue weighted by molar-refractivity contribution is 6.29. The fraction of sp³-hybridized carbons (Fsp3) is 0.476. The summed E-state index contributed by atoms with van der Waals surface area (Å²) in [6.07, 6.45) is 0.571. The zero-order valence-electron chi connectivity index (χ0n) is 17.7. The van der Waals surface area contributed by atoms with E-state index in [9.17, 15) is 24.0 Å². The third-order valence-corrected chi connectivity index (χ3v) is 5.84. The number of alkyl halides is 1. The number of carbonyl (C=O) groups excluding carboxylic acids is 5. The van der Waals surface area contributed by atoms with Crippen molar-refractivity contribution in [3.63, 3.8) is 0 Å². The van der Waals surface area contributed by atoms with Gasteiger partial charge in [0, 0.05) is 12.6 Å². The van der Waals surface area contributed by atoms with Crippen molar-refractivity contribution in [2.45, 2.75) is 24.8 Å². The van der Waals surface area contributed by atoms with Crippen molar-refractivity contribution in [2.75, 3.05) is 39.5 Å². The second-order valence-corrected chi connectivity index (χ2v) is 8.24. The van der Waals surface area contributed by atoms with Crippen molar-refractivity contribution in [2.24, 2.45) is 0 Å². The Bertz CT molecular complexity index is 862. The summed E-state index contributed by atoms with van der Waals surface area (Å²) in [5.41, 5.74) is 0.559. The molecule has 4 amide bonds. The van der Waals surface area contributed by atoms with Crippen LogP contribution < -0.4 is 5.32 Å². The van der Waals surface area contributed by atoms with E-state index in [0.29, 0.717) is 18.5 Å². The molecule has 0 saturated carbocycles. The van der Waals surface area contributed by atoms with Gasteiger partial charge in [0.05, 0.1) is 26.2 Å². The Hall–Kier alpha value is -2.82. The molecule has 0 bridgehead atoms. The average molecular weight is 465 g/mol. The van der Waals surface area contributed by atoms with Gasteiger partial charge in [-0.3, -0.25) is 39.1 Å². The predicted molar refractivity (Wildman–Crippen MR) is 113 cm³/mol. The highest BCUT2D eigenvalue weighted by Crippen LogP contribution is 2.21. The molecule has 10 nitrogen and oxygen atoms in total. The molecule has 0 aromatic heterocycles. The number of carbonyl (C=O) groups is 5. The number of nitrogens with zero attached hydrogens (tertiary/aromatic N) is 3. The number of benzene rings is 1. The molecule has 3 rings (SSSR count). The molecule has 1 aromatic carbocycles. The maximum atomic E-state index is 12.4. The summed E-state index contributed by atoms with van der Waals surface area (Å²) in [5.74, 6) is -2.36. The highest BCUT2D eigenvalue weighted by Gasteiger charge is 2.33. The highest BCUT2D eigenvalue weighted by atomic mass is 35.5. The number of piperazine rings is 2. The Kier molecular flexibility index (Phi) is 7.94. The molecule has 2 aliphatic rings. The summed E-state index contributed by atoms with van der Waals surface area (Å²) in [5, 5.41) is 1.22. The number of rotatable bonds is 8.